The van der Waals surface area contributed by atoms with E-state index in [1.165, 1.54) is 19.3 Å². The molecule has 0 spiro atoms. The molecule has 3 nitrogen and oxygen atoms in total. The first-order chi connectivity index (χ1) is 5.18. The molecular weight excluding hydrogens is 164 g/mol. The van der Waals surface area contributed by atoms with E-state index in [1.54, 1.807) is 6.08 Å². The molecule has 0 N–H and O–H groups in total. The molecule has 0 aromatic carbocycles. The Labute approximate surface area is 68.1 Å². The summed E-state index contributed by atoms with van der Waals surface area (Å²) >= 11 is 1.04. The average Bonchev–Trinajstić information content (AvgIpc) is 2.31. The molecule has 0 atom stereocenters. The second-order valence-electron chi connectivity index (χ2n) is 1.88. The molecule has 0 aromatic rings. The Kier molecular flexibility index (Phi) is 2.48. The molecule has 4 heteroatoms. The molecule has 0 radical (unpaired) electrons. The van der Waals surface area contributed by atoms with E-state index >= 15 is 0 Å². The predicted octanol–water partition coefficient (Wildman–Crippen LogP) is 1.22. The summed E-state index contributed by atoms with van der Waals surface area (Å²) in [6.45, 7) is 1.31. The van der Waals surface area contributed by atoms with Crippen molar-refractivity contribution in [3.8, 4) is 0 Å². The van der Waals surface area contributed by atoms with Gasteiger partial charge in [0.1, 0.15) is 6.26 Å². The lowest BCUT2D eigenvalue weighted by Gasteiger charge is -1.92. The van der Waals surface area contributed by atoms with E-state index in [1.807, 2.05) is 0 Å². The number of carbonyl (C=O) groups excluding carboxylic acids is 2. The van der Waals surface area contributed by atoms with Crippen LogP contribution < -0.4 is 0 Å². The van der Waals surface area contributed by atoms with E-state index in [2.05, 4.69) is 4.74 Å². The van der Waals surface area contributed by atoms with Gasteiger partial charge in [0.2, 0.25) is 5.12 Å². The number of thioether (sulfide) groups is 1. The van der Waals surface area contributed by atoms with Crippen LogP contribution in [0, 0.1) is 0 Å². The third kappa shape index (κ3) is 2.59. The maximum Gasteiger partial charge on any atom is 0.307 e. The minimum atomic E-state index is -0.383. The minimum absolute atomic E-state index is 0.0385. The second-order valence-corrected chi connectivity index (χ2v) is 2.96. The van der Waals surface area contributed by atoms with Crippen molar-refractivity contribution in [2.45, 2.75) is 6.92 Å². The summed E-state index contributed by atoms with van der Waals surface area (Å²) in [7, 11) is 0. The Morgan fingerprint density at radius 3 is 2.82 bits per heavy atom. The highest BCUT2D eigenvalue weighted by atomic mass is 32.2. The van der Waals surface area contributed by atoms with Gasteiger partial charge in [-0.2, -0.15) is 0 Å². The summed E-state index contributed by atoms with van der Waals surface area (Å²) in [5.41, 5.74) is 0. The number of carbonyl (C=O) groups is 2. The van der Waals surface area contributed by atoms with Crippen LogP contribution >= 0.6 is 11.8 Å². The predicted molar refractivity (Wildman–Crippen MR) is 41.6 cm³/mol. The Morgan fingerprint density at radius 2 is 2.36 bits per heavy atom. The van der Waals surface area contributed by atoms with Gasteiger partial charge in [-0.05, 0) is 23.9 Å². The number of ether oxygens (including phenoxy) is 1. The molecule has 1 aliphatic heterocycles. The zero-order valence-corrected chi connectivity index (χ0v) is 6.68. The monoisotopic (exact) mass is 170 g/mol. The zero-order valence-electron chi connectivity index (χ0n) is 5.87. The topological polar surface area (TPSA) is 43.4 Å². The Hall–Kier alpha value is -1.03. The Balaban J connectivity index is 2.50. The first-order valence-electron chi connectivity index (χ1n) is 2.96. The van der Waals surface area contributed by atoms with Gasteiger partial charge >= 0.3 is 5.97 Å². The van der Waals surface area contributed by atoms with Crippen molar-refractivity contribution in [2.75, 3.05) is 0 Å². The van der Waals surface area contributed by atoms with Crippen LogP contribution in [0.5, 0.6) is 0 Å². The van der Waals surface area contributed by atoms with Crippen LogP contribution in [0.15, 0.2) is 23.3 Å². The van der Waals surface area contributed by atoms with Crippen molar-refractivity contribution in [2.24, 2.45) is 0 Å². The van der Waals surface area contributed by atoms with Crippen LogP contribution in [0.25, 0.3) is 0 Å². The summed E-state index contributed by atoms with van der Waals surface area (Å²) in [4.78, 5) is 21.5. The molecular formula is C7H6O3S. The molecule has 1 heterocycles. The highest BCUT2D eigenvalue weighted by Crippen LogP contribution is 2.24. The van der Waals surface area contributed by atoms with E-state index in [9.17, 15) is 9.59 Å². The Morgan fingerprint density at radius 1 is 1.64 bits per heavy atom. The van der Waals surface area contributed by atoms with Crippen LogP contribution in [0.2, 0.25) is 0 Å². The van der Waals surface area contributed by atoms with Crippen LogP contribution in [0.3, 0.4) is 0 Å². The zero-order chi connectivity index (χ0) is 8.27. The first-order valence-corrected chi connectivity index (χ1v) is 3.77. The molecule has 0 fully saturated rings. The number of esters is 1. The molecule has 0 saturated heterocycles. The summed E-state index contributed by atoms with van der Waals surface area (Å²) < 4.78 is 4.55. The molecule has 0 saturated carbocycles. The summed E-state index contributed by atoms with van der Waals surface area (Å²) in [5.74, 6) is -0.383. The molecule has 1 rings (SSSR count). The molecule has 1 aliphatic rings. The summed E-state index contributed by atoms with van der Waals surface area (Å²) in [6, 6.07) is 0. The van der Waals surface area contributed by atoms with Crippen LogP contribution in [-0.2, 0) is 14.3 Å². The minimum Gasteiger partial charge on any atom is -0.433 e. The number of rotatable bonds is 1. The van der Waals surface area contributed by atoms with Gasteiger partial charge in [0.15, 0.2) is 0 Å². The lowest BCUT2D eigenvalue weighted by atomic mass is 10.5. The summed E-state index contributed by atoms with van der Waals surface area (Å²) in [5, 5.41) is -0.0385. The van der Waals surface area contributed by atoms with E-state index in [-0.39, 0.29) is 11.1 Å². The van der Waals surface area contributed by atoms with Crippen LogP contribution in [0.4, 0.5) is 0 Å². The van der Waals surface area contributed by atoms with Gasteiger partial charge in [-0.1, -0.05) is 0 Å². The maximum absolute atomic E-state index is 10.6. The first kappa shape index (κ1) is 8.07. The maximum atomic E-state index is 10.6. The van der Waals surface area contributed by atoms with Crippen molar-refractivity contribution < 1.29 is 14.3 Å². The van der Waals surface area contributed by atoms with E-state index in [4.69, 9.17) is 0 Å². The van der Waals surface area contributed by atoms with Crippen molar-refractivity contribution >= 4 is 22.8 Å². The molecule has 0 aromatic heterocycles. The Bertz CT molecular complexity index is 252. The number of allylic oxidation sites excluding steroid dienone is 1. The molecule has 58 valence electrons. The van der Waals surface area contributed by atoms with Gasteiger partial charge in [-0.15, -0.1) is 0 Å². The quantitative estimate of drug-likeness (QED) is 0.438. The van der Waals surface area contributed by atoms with E-state index < -0.39 is 0 Å². The van der Waals surface area contributed by atoms with Gasteiger partial charge in [-0.25, -0.2) is 0 Å². The fraction of sp³-hybridized carbons (Fsp3) is 0.143. The van der Waals surface area contributed by atoms with Crippen LogP contribution in [-0.4, -0.2) is 11.1 Å². The third-order valence-corrected chi connectivity index (χ3v) is 1.75. The third-order valence-electron chi connectivity index (χ3n) is 0.943. The van der Waals surface area contributed by atoms with Crippen molar-refractivity contribution in [3.05, 3.63) is 23.3 Å². The lowest BCUT2D eigenvalue weighted by Crippen LogP contribution is -1.90. The van der Waals surface area contributed by atoms with E-state index in [0.29, 0.717) is 4.91 Å². The normalized spacial score (nSPS) is 19.4. The van der Waals surface area contributed by atoms with Gasteiger partial charge in [0.25, 0.3) is 0 Å². The molecule has 0 amide bonds. The molecule has 11 heavy (non-hydrogen) atoms. The van der Waals surface area contributed by atoms with Crippen molar-refractivity contribution in [1.29, 1.82) is 0 Å². The van der Waals surface area contributed by atoms with Gasteiger partial charge < -0.3 is 4.74 Å². The van der Waals surface area contributed by atoms with Gasteiger partial charge in [-0.3, -0.25) is 9.59 Å². The largest absolute Gasteiger partial charge is 0.433 e. The van der Waals surface area contributed by atoms with Gasteiger partial charge in [0, 0.05) is 6.92 Å². The molecule has 0 aliphatic carbocycles. The highest BCUT2D eigenvalue weighted by Gasteiger charge is 2.09. The fourth-order valence-corrected chi connectivity index (χ4v) is 1.14. The molecule has 0 unspecified atom stereocenters. The van der Waals surface area contributed by atoms with E-state index in [0.717, 1.165) is 11.8 Å². The molecule has 0 bridgehead atoms. The summed E-state index contributed by atoms with van der Waals surface area (Å²) in [6.07, 6.45) is 4.31. The SMILES string of the molecule is CC(=O)O/C=C1\C=CC(=O)S1. The number of hydrogen-bond donors (Lipinski definition) is 0. The van der Waals surface area contributed by atoms with Crippen LogP contribution in [0.1, 0.15) is 6.92 Å². The highest BCUT2D eigenvalue weighted by molar-refractivity contribution is 8.17. The fourth-order valence-electron chi connectivity index (χ4n) is 0.539. The smallest absolute Gasteiger partial charge is 0.307 e. The van der Waals surface area contributed by atoms with Crippen molar-refractivity contribution in [3.63, 3.8) is 0 Å². The standard InChI is InChI=1S/C7H6O3S/c1-5(8)10-4-6-2-3-7(9)11-6/h2-4H,1H3/b6-4+. The lowest BCUT2D eigenvalue weighted by molar-refractivity contribution is -0.135. The average molecular weight is 170 g/mol. The number of hydrogen-bond acceptors (Lipinski definition) is 4. The second kappa shape index (κ2) is 3.39. The van der Waals surface area contributed by atoms with Crippen molar-refractivity contribution in [1.82, 2.24) is 0 Å². The van der Waals surface area contributed by atoms with Gasteiger partial charge in [0.05, 0.1) is 4.91 Å².